The second kappa shape index (κ2) is 9.24. The summed E-state index contributed by atoms with van der Waals surface area (Å²) in [6, 6.07) is 10.1. The molecule has 1 atom stereocenters. The first-order valence-electron chi connectivity index (χ1n) is 9.70. The van der Waals surface area contributed by atoms with Crippen LogP contribution in [0.4, 0.5) is 0 Å². The van der Waals surface area contributed by atoms with Gasteiger partial charge in [-0.05, 0) is 42.2 Å². The minimum Gasteiger partial charge on any atom is -0.503 e. The first kappa shape index (κ1) is 21.1. The molecule has 1 N–H and O–H groups in total. The highest BCUT2D eigenvalue weighted by atomic mass is 32.1. The third-order valence-corrected chi connectivity index (χ3v) is 6.14. The minimum atomic E-state index is -0.626. The van der Waals surface area contributed by atoms with E-state index < -0.39 is 17.7 Å². The van der Waals surface area contributed by atoms with Gasteiger partial charge in [-0.1, -0.05) is 32.0 Å². The van der Waals surface area contributed by atoms with Gasteiger partial charge in [0.05, 0.1) is 23.6 Å². The molecule has 0 bridgehead atoms. The Morgan fingerprint density at radius 2 is 1.90 bits per heavy atom. The van der Waals surface area contributed by atoms with Crippen molar-refractivity contribution in [2.45, 2.75) is 19.9 Å². The summed E-state index contributed by atoms with van der Waals surface area (Å²) in [5.41, 5.74) is 0.907. The number of ketones is 1. The Bertz CT molecular complexity index is 886. The van der Waals surface area contributed by atoms with Crippen LogP contribution in [0, 0.1) is 0 Å². The number of benzene rings is 1. The molecule has 29 heavy (non-hydrogen) atoms. The highest BCUT2D eigenvalue weighted by Crippen LogP contribution is 2.39. The van der Waals surface area contributed by atoms with Crippen molar-refractivity contribution in [2.75, 3.05) is 33.3 Å². The number of ether oxygens (including phenoxy) is 1. The number of carbonyl (C=O) groups is 2. The van der Waals surface area contributed by atoms with Crippen molar-refractivity contribution < 1.29 is 19.4 Å². The smallest absolute Gasteiger partial charge is 0.290 e. The lowest BCUT2D eigenvalue weighted by atomic mass is 9.95. The zero-order chi connectivity index (χ0) is 21.0. The van der Waals surface area contributed by atoms with Gasteiger partial charge in [0.2, 0.25) is 5.78 Å². The zero-order valence-electron chi connectivity index (χ0n) is 16.9. The molecule has 0 fully saturated rings. The molecule has 1 aromatic heterocycles. The molecule has 0 radical (unpaired) electrons. The van der Waals surface area contributed by atoms with E-state index in [0.717, 1.165) is 18.7 Å². The number of nitrogens with zero attached hydrogens (tertiary/aromatic N) is 2. The summed E-state index contributed by atoms with van der Waals surface area (Å²) >= 11 is 1.30. The van der Waals surface area contributed by atoms with Gasteiger partial charge >= 0.3 is 0 Å². The number of aliphatic hydroxyl groups excluding tert-OH is 1. The van der Waals surface area contributed by atoms with Gasteiger partial charge in [-0.15, -0.1) is 11.3 Å². The molecule has 2 aromatic rings. The normalized spacial score (nSPS) is 16.8. The van der Waals surface area contributed by atoms with Crippen molar-refractivity contribution in [3.05, 3.63) is 63.6 Å². The topological polar surface area (TPSA) is 70.1 Å². The lowest BCUT2D eigenvalue weighted by Crippen LogP contribution is -2.38. The SMILES string of the molecule is CCN(CC)CCN1C(=O)C(O)=C(C(=O)c2cccs2)[C@H]1c1ccc(OC)cc1. The fourth-order valence-electron chi connectivity index (χ4n) is 3.58. The van der Waals surface area contributed by atoms with Crippen molar-refractivity contribution in [1.29, 1.82) is 0 Å². The molecule has 1 aromatic carbocycles. The number of hydrogen-bond acceptors (Lipinski definition) is 6. The van der Waals surface area contributed by atoms with Crippen molar-refractivity contribution in [3.8, 4) is 5.75 Å². The van der Waals surface area contributed by atoms with Crippen molar-refractivity contribution >= 4 is 23.0 Å². The van der Waals surface area contributed by atoms with E-state index in [1.165, 1.54) is 11.3 Å². The third kappa shape index (κ3) is 4.21. The summed E-state index contributed by atoms with van der Waals surface area (Å²) in [6.07, 6.45) is 0. The zero-order valence-corrected chi connectivity index (χ0v) is 17.7. The Kier molecular flexibility index (Phi) is 6.71. The Hall–Kier alpha value is -2.64. The van der Waals surface area contributed by atoms with E-state index in [1.807, 2.05) is 17.5 Å². The Labute approximate surface area is 175 Å². The number of Topliss-reactive ketones (excluding diaryl/α,β-unsaturated/α-hetero) is 1. The first-order chi connectivity index (χ1) is 14.0. The second-order valence-electron chi connectivity index (χ2n) is 6.77. The Morgan fingerprint density at radius 1 is 1.21 bits per heavy atom. The van der Waals surface area contributed by atoms with Crippen molar-refractivity contribution in [3.63, 3.8) is 0 Å². The fraction of sp³-hybridized carbons (Fsp3) is 0.364. The maximum Gasteiger partial charge on any atom is 0.290 e. The predicted molar refractivity (Wildman–Crippen MR) is 114 cm³/mol. The quantitative estimate of drug-likeness (QED) is 0.634. The molecular formula is C22H26N2O4S. The van der Waals surface area contributed by atoms with Crippen molar-refractivity contribution in [1.82, 2.24) is 9.80 Å². The molecule has 0 saturated heterocycles. The van der Waals surface area contributed by atoms with Crippen LogP contribution >= 0.6 is 11.3 Å². The van der Waals surface area contributed by atoms with Crippen LogP contribution in [0.2, 0.25) is 0 Å². The number of thiophene rings is 1. The van der Waals surface area contributed by atoms with Crippen LogP contribution in [0.25, 0.3) is 0 Å². The van der Waals surface area contributed by atoms with Gasteiger partial charge in [-0.2, -0.15) is 0 Å². The fourth-order valence-corrected chi connectivity index (χ4v) is 4.26. The molecule has 0 spiro atoms. The van der Waals surface area contributed by atoms with Crippen molar-refractivity contribution in [2.24, 2.45) is 0 Å². The largest absolute Gasteiger partial charge is 0.503 e. The molecule has 1 aliphatic rings. The molecule has 6 nitrogen and oxygen atoms in total. The number of rotatable bonds is 9. The summed E-state index contributed by atoms with van der Waals surface area (Å²) in [6.45, 7) is 6.95. The Balaban J connectivity index is 1.99. The van der Waals surface area contributed by atoms with E-state index in [0.29, 0.717) is 23.7 Å². The summed E-state index contributed by atoms with van der Waals surface area (Å²) < 4.78 is 5.23. The maximum absolute atomic E-state index is 13.1. The molecular weight excluding hydrogens is 388 g/mol. The summed E-state index contributed by atoms with van der Waals surface area (Å²) in [4.78, 5) is 30.4. The highest BCUT2D eigenvalue weighted by molar-refractivity contribution is 7.12. The summed E-state index contributed by atoms with van der Waals surface area (Å²) in [7, 11) is 1.59. The summed E-state index contributed by atoms with van der Waals surface area (Å²) in [5, 5.41) is 12.5. The molecule has 0 saturated carbocycles. The number of methoxy groups -OCH3 is 1. The number of aliphatic hydroxyl groups is 1. The number of amides is 1. The molecule has 0 aliphatic carbocycles. The van der Waals surface area contributed by atoms with Gasteiger partial charge in [-0.3, -0.25) is 9.59 Å². The van der Waals surface area contributed by atoms with Crippen LogP contribution in [-0.4, -0.2) is 59.9 Å². The average Bonchev–Trinajstić information content (AvgIpc) is 3.37. The molecule has 0 unspecified atom stereocenters. The van der Waals surface area contributed by atoms with E-state index in [9.17, 15) is 14.7 Å². The third-order valence-electron chi connectivity index (χ3n) is 5.28. The molecule has 2 heterocycles. The predicted octanol–water partition coefficient (Wildman–Crippen LogP) is 3.68. The monoisotopic (exact) mass is 414 g/mol. The molecule has 1 amide bonds. The second-order valence-corrected chi connectivity index (χ2v) is 7.72. The maximum atomic E-state index is 13.1. The number of likely N-dealkylation sites (N-methyl/N-ethyl adjacent to an activating group) is 1. The van der Waals surface area contributed by atoms with Gasteiger partial charge in [0, 0.05) is 13.1 Å². The lowest BCUT2D eigenvalue weighted by molar-refractivity contribution is -0.129. The van der Waals surface area contributed by atoms with Gasteiger partial charge in [0.25, 0.3) is 5.91 Å². The van der Waals surface area contributed by atoms with Crippen LogP contribution < -0.4 is 4.74 Å². The molecule has 154 valence electrons. The molecule has 1 aliphatic heterocycles. The van der Waals surface area contributed by atoms with Gasteiger partial charge in [-0.25, -0.2) is 0 Å². The van der Waals surface area contributed by atoms with E-state index in [4.69, 9.17) is 4.74 Å². The standard InChI is InChI=1S/C22H26N2O4S/c1-4-23(5-2)12-13-24-19(15-8-10-16(28-3)11-9-15)18(21(26)22(24)27)20(25)17-7-6-14-29-17/h6-11,14,19,26H,4-5,12-13H2,1-3H3/t19-/m1/s1. The lowest BCUT2D eigenvalue weighted by Gasteiger charge is -2.29. The first-order valence-corrected chi connectivity index (χ1v) is 10.6. The molecule has 3 rings (SSSR count). The minimum absolute atomic E-state index is 0.141. The summed E-state index contributed by atoms with van der Waals surface area (Å²) in [5.74, 6) is -0.578. The highest BCUT2D eigenvalue weighted by Gasteiger charge is 2.43. The Morgan fingerprint density at radius 3 is 2.45 bits per heavy atom. The van der Waals surface area contributed by atoms with E-state index in [2.05, 4.69) is 18.7 Å². The average molecular weight is 415 g/mol. The molecule has 7 heteroatoms. The van der Waals surface area contributed by atoms with Crippen LogP contribution in [-0.2, 0) is 4.79 Å². The van der Waals surface area contributed by atoms with Crippen LogP contribution in [0.15, 0.2) is 53.1 Å². The van der Waals surface area contributed by atoms with Crippen LogP contribution in [0.3, 0.4) is 0 Å². The number of hydrogen-bond donors (Lipinski definition) is 1. The van der Waals surface area contributed by atoms with E-state index in [-0.39, 0.29) is 11.4 Å². The van der Waals surface area contributed by atoms with Gasteiger partial charge in [0.15, 0.2) is 5.76 Å². The van der Waals surface area contributed by atoms with Gasteiger partial charge in [0.1, 0.15) is 5.75 Å². The van der Waals surface area contributed by atoms with Gasteiger partial charge < -0.3 is 19.6 Å². The number of carbonyl (C=O) groups excluding carboxylic acids is 2. The van der Waals surface area contributed by atoms with E-state index in [1.54, 1.807) is 36.3 Å². The van der Waals surface area contributed by atoms with E-state index >= 15 is 0 Å². The van der Waals surface area contributed by atoms with Crippen LogP contribution in [0.5, 0.6) is 5.75 Å². The van der Waals surface area contributed by atoms with Crippen LogP contribution in [0.1, 0.15) is 35.1 Å².